The molecule has 0 saturated carbocycles. The molecule has 0 bridgehead atoms. The van der Waals surface area contributed by atoms with E-state index in [1.54, 1.807) is 25.3 Å². The van der Waals surface area contributed by atoms with Crippen molar-refractivity contribution in [3.63, 3.8) is 0 Å². The number of nitrogens with zero attached hydrogens (tertiary/aromatic N) is 3. The lowest BCUT2D eigenvalue weighted by Crippen LogP contribution is -2.20. The number of aromatic nitrogens is 3. The number of carbonyl (C=O) groups excluding carboxylic acids is 1. The van der Waals surface area contributed by atoms with E-state index in [0.717, 1.165) is 52.7 Å². The number of methoxy groups -OCH3 is 1. The fourth-order valence-corrected chi connectivity index (χ4v) is 4.75. The summed E-state index contributed by atoms with van der Waals surface area (Å²) in [6.07, 6.45) is 2.54. The van der Waals surface area contributed by atoms with Crippen LogP contribution in [-0.4, -0.2) is 27.6 Å². The van der Waals surface area contributed by atoms with Crippen molar-refractivity contribution in [3.8, 4) is 5.95 Å². The molecular formula is C26H26FN5O2. The molecule has 3 N–H and O–H groups in total. The second-order valence-corrected chi connectivity index (χ2v) is 8.56. The zero-order chi connectivity index (χ0) is 23.8. The molecule has 0 unspecified atom stereocenters. The summed E-state index contributed by atoms with van der Waals surface area (Å²) in [7, 11) is 1.69. The van der Waals surface area contributed by atoms with E-state index in [-0.39, 0.29) is 11.9 Å². The van der Waals surface area contributed by atoms with Gasteiger partial charge >= 0.3 is 0 Å². The molecule has 0 saturated heterocycles. The minimum Gasteiger partial charge on any atom is -0.375 e. The van der Waals surface area contributed by atoms with Crippen LogP contribution >= 0.6 is 0 Å². The Bertz CT molecular complexity index is 1400. The summed E-state index contributed by atoms with van der Waals surface area (Å²) in [5.74, 6) is 0.437. The summed E-state index contributed by atoms with van der Waals surface area (Å²) in [6, 6.07) is 13.9. The fraction of sp³-hybridized carbons (Fsp3) is 0.269. The van der Waals surface area contributed by atoms with E-state index in [4.69, 9.17) is 20.4 Å². The molecule has 0 spiro atoms. The van der Waals surface area contributed by atoms with Gasteiger partial charge < -0.3 is 15.8 Å². The van der Waals surface area contributed by atoms with E-state index in [9.17, 15) is 9.18 Å². The SMILES string of the molecule is CO[C@H]1CCCc2c(NCc3cccc(F)c3)nc(-n3c(C)cc4c(C(N)=O)cccc43)nc21. The molecule has 1 aliphatic rings. The maximum Gasteiger partial charge on any atom is 0.249 e. The molecule has 0 radical (unpaired) electrons. The Morgan fingerprint density at radius 1 is 1.24 bits per heavy atom. The van der Waals surface area contributed by atoms with Crippen LogP contribution in [0.5, 0.6) is 0 Å². The summed E-state index contributed by atoms with van der Waals surface area (Å²) < 4.78 is 21.4. The van der Waals surface area contributed by atoms with Gasteiger partial charge in [0.25, 0.3) is 0 Å². The molecule has 5 rings (SSSR count). The molecule has 0 aliphatic heterocycles. The van der Waals surface area contributed by atoms with Crippen molar-refractivity contribution >= 4 is 22.6 Å². The number of carbonyl (C=O) groups is 1. The van der Waals surface area contributed by atoms with Crippen LogP contribution in [0.1, 0.15) is 51.8 Å². The van der Waals surface area contributed by atoms with E-state index in [2.05, 4.69) is 5.32 Å². The van der Waals surface area contributed by atoms with Gasteiger partial charge in [0.05, 0.1) is 17.3 Å². The summed E-state index contributed by atoms with van der Waals surface area (Å²) in [6.45, 7) is 2.37. The zero-order valence-corrected chi connectivity index (χ0v) is 19.1. The lowest BCUT2D eigenvalue weighted by Gasteiger charge is -2.26. The van der Waals surface area contributed by atoms with Gasteiger partial charge in [0.1, 0.15) is 11.6 Å². The largest absolute Gasteiger partial charge is 0.375 e. The molecule has 2 aromatic heterocycles. The van der Waals surface area contributed by atoms with Gasteiger partial charge in [-0.25, -0.2) is 9.37 Å². The summed E-state index contributed by atoms with van der Waals surface area (Å²) in [4.78, 5) is 21.8. The maximum atomic E-state index is 13.7. The number of amides is 1. The molecule has 1 aliphatic carbocycles. The molecule has 1 amide bonds. The predicted octanol–water partition coefficient (Wildman–Crippen LogP) is 4.60. The number of ether oxygens (including phenoxy) is 1. The minimum atomic E-state index is -0.481. The average molecular weight is 460 g/mol. The highest BCUT2D eigenvalue weighted by Crippen LogP contribution is 2.36. The number of nitrogens with one attached hydrogen (secondary N) is 1. The Morgan fingerprint density at radius 3 is 2.82 bits per heavy atom. The van der Waals surface area contributed by atoms with Crippen molar-refractivity contribution in [1.82, 2.24) is 14.5 Å². The van der Waals surface area contributed by atoms with Crippen molar-refractivity contribution < 1.29 is 13.9 Å². The standard InChI is InChI=1S/C26H26FN5O2/c1-15-12-20-18(24(28)33)8-4-10-21(20)32(15)26-30-23-19(9-5-11-22(23)34-2)25(31-26)29-14-16-6-3-7-17(27)13-16/h3-4,6-8,10,12-13,22H,5,9,11,14H2,1-2H3,(H2,28,33)(H,29,30,31)/t22-/m0/s1. The number of hydrogen-bond donors (Lipinski definition) is 2. The quantitative estimate of drug-likeness (QED) is 0.439. The van der Waals surface area contributed by atoms with Crippen molar-refractivity contribution in [2.75, 3.05) is 12.4 Å². The van der Waals surface area contributed by atoms with Gasteiger partial charge in [-0.1, -0.05) is 18.2 Å². The molecule has 0 fully saturated rings. The highest BCUT2D eigenvalue weighted by atomic mass is 19.1. The second-order valence-electron chi connectivity index (χ2n) is 8.56. The monoisotopic (exact) mass is 459 g/mol. The van der Waals surface area contributed by atoms with E-state index >= 15 is 0 Å². The zero-order valence-electron chi connectivity index (χ0n) is 19.1. The summed E-state index contributed by atoms with van der Waals surface area (Å²) in [5.41, 5.74) is 10.4. The molecule has 2 heterocycles. The van der Waals surface area contributed by atoms with Gasteiger partial charge in [0.2, 0.25) is 11.9 Å². The minimum absolute atomic E-state index is 0.136. The van der Waals surface area contributed by atoms with Crippen molar-refractivity contribution in [2.45, 2.75) is 38.8 Å². The van der Waals surface area contributed by atoms with E-state index in [0.29, 0.717) is 23.9 Å². The molecule has 7 nitrogen and oxygen atoms in total. The van der Waals surface area contributed by atoms with Crippen LogP contribution in [0.2, 0.25) is 0 Å². The Labute approximate surface area is 196 Å². The van der Waals surface area contributed by atoms with Crippen LogP contribution in [0.3, 0.4) is 0 Å². The van der Waals surface area contributed by atoms with Crippen LogP contribution in [-0.2, 0) is 17.7 Å². The van der Waals surface area contributed by atoms with Crippen LogP contribution in [0.4, 0.5) is 10.2 Å². The fourth-order valence-electron chi connectivity index (χ4n) is 4.75. The molecule has 1 atom stereocenters. The van der Waals surface area contributed by atoms with Crippen molar-refractivity contribution in [1.29, 1.82) is 0 Å². The Hall–Kier alpha value is -3.78. The predicted molar refractivity (Wildman–Crippen MR) is 129 cm³/mol. The van der Waals surface area contributed by atoms with Gasteiger partial charge in [0.15, 0.2) is 0 Å². The van der Waals surface area contributed by atoms with Crippen LogP contribution in [0, 0.1) is 12.7 Å². The van der Waals surface area contributed by atoms with Crippen LogP contribution in [0.25, 0.3) is 16.9 Å². The first-order valence-corrected chi connectivity index (χ1v) is 11.3. The third-order valence-electron chi connectivity index (χ3n) is 6.35. The summed E-state index contributed by atoms with van der Waals surface area (Å²) >= 11 is 0. The summed E-state index contributed by atoms with van der Waals surface area (Å²) in [5, 5.41) is 4.16. The first kappa shape index (κ1) is 22.0. The van der Waals surface area contributed by atoms with Crippen molar-refractivity contribution in [2.24, 2.45) is 5.73 Å². The number of anilines is 1. The number of hydrogen-bond acceptors (Lipinski definition) is 5. The van der Waals surface area contributed by atoms with Gasteiger partial charge in [-0.15, -0.1) is 0 Å². The van der Waals surface area contributed by atoms with E-state index < -0.39 is 5.91 Å². The second kappa shape index (κ2) is 8.87. The van der Waals surface area contributed by atoms with Crippen molar-refractivity contribution in [3.05, 3.63) is 82.4 Å². The molecule has 8 heteroatoms. The average Bonchev–Trinajstić information content (AvgIpc) is 3.17. The van der Waals surface area contributed by atoms with E-state index in [1.165, 1.54) is 12.1 Å². The number of benzene rings is 2. The topological polar surface area (TPSA) is 95.1 Å². The van der Waals surface area contributed by atoms with Crippen LogP contribution < -0.4 is 11.1 Å². The number of aryl methyl sites for hydroxylation is 1. The highest BCUT2D eigenvalue weighted by Gasteiger charge is 2.27. The normalized spacial score (nSPS) is 15.3. The molecule has 174 valence electrons. The molecule has 2 aromatic carbocycles. The Kier molecular flexibility index (Phi) is 5.75. The third-order valence-corrected chi connectivity index (χ3v) is 6.35. The number of nitrogens with two attached hydrogens (primary N) is 1. The number of primary amides is 1. The first-order valence-electron chi connectivity index (χ1n) is 11.3. The Morgan fingerprint density at radius 2 is 2.06 bits per heavy atom. The first-order chi connectivity index (χ1) is 16.5. The number of fused-ring (bicyclic) bond motifs is 2. The number of halogens is 1. The van der Waals surface area contributed by atoms with Gasteiger partial charge in [0, 0.05) is 35.9 Å². The van der Waals surface area contributed by atoms with Crippen LogP contribution in [0.15, 0.2) is 48.5 Å². The lowest BCUT2D eigenvalue weighted by molar-refractivity contribution is 0.0842. The van der Waals surface area contributed by atoms with E-state index in [1.807, 2.05) is 29.7 Å². The Balaban J connectivity index is 1.65. The van der Waals surface area contributed by atoms with Gasteiger partial charge in [-0.2, -0.15) is 4.98 Å². The smallest absolute Gasteiger partial charge is 0.249 e. The van der Waals surface area contributed by atoms with Gasteiger partial charge in [-0.3, -0.25) is 9.36 Å². The number of rotatable bonds is 6. The highest BCUT2D eigenvalue weighted by molar-refractivity contribution is 6.06. The molecule has 4 aromatic rings. The molecule has 34 heavy (non-hydrogen) atoms. The lowest BCUT2D eigenvalue weighted by atomic mass is 9.93. The third kappa shape index (κ3) is 3.90. The van der Waals surface area contributed by atoms with Gasteiger partial charge in [-0.05, 0) is 62.1 Å². The maximum absolute atomic E-state index is 13.7. The molecular weight excluding hydrogens is 433 g/mol.